The van der Waals surface area contributed by atoms with Gasteiger partial charge in [0.1, 0.15) is 17.3 Å². The van der Waals surface area contributed by atoms with E-state index in [2.05, 4.69) is 25.7 Å². The maximum absolute atomic E-state index is 12.4. The zero-order valence-corrected chi connectivity index (χ0v) is 13.3. The number of nitrogens with zero attached hydrogens (tertiary/aromatic N) is 4. The number of rotatable bonds is 3. The number of aryl methyl sites for hydroxylation is 1. The van der Waals surface area contributed by atoms with Gasteiger partial charge in [-0.1, -0.05) is 0 Å². The van der Waals surface area contributed by atoms with Crippen LogP contribution in [0.2, 0.25) is 0 Å². The highest BCUT2D eigenvalue weighted by atomic mass is 16.3. The van der Waals surface area contributed by atoms with E-state index in [1.54, 1.807) is 25.4 Å². The number of carbonyl (C=O) groups is 2. The van der Waals surface area contributed by atoms with Gasteiger partial charge >= 0.3 is 0 Å². The number of fused-ring (bicyclic) bond motifs is 1. The lowest BCUT2D eigenvalue weighted by Gasteiger charge is -2.22. The van der Waals surface area contributed by atoms with Gasteiger partial charge in [-0.3, -0.25) is 19.3 Å². The first-order valence-electron chi connectivity index (χ1n) is 7.61. The van der Waals surface area contributed by atoms with Crippen LogP contribution >= 0.6 is 0 Å². The van der Waals surface area contributed by atoms with E-state index in [4.69, 9.17) is 4.42 Å². The molecule has 0 saturated heterocycles. The molecule has 3 aromatic rings. The van der Waals surface area contributed by atoms with E-state index in [-0.39, 0.29) is 23.9 Å². The van der Waals surface area contributed by atoms with Crippen LogP contribution in [0.1, 0.15) is 34.2 Å². The van der Waals surface area contributed by atoms with Crippen molar-refractivity contribution >= 4 is 23.5 Å². The molecule has 126 valence electrons. The Kier molecular flexibility index (Phi) is 3.53. The SMILES string of the molecule is Cn1nc(NC(=O)c2cnccn2)c2c1NC(=O)CC2c1ccco1. The number of anilines is 2. The summed E-state index contributed by atoms with van der Waals surface area (Å²) in [5.41, 5.74) is 0.880. The van der Waals surface area contributed by atoms with Gasteiger partial charge in [-0.15, -0.1) is 0 Å². The van der Waals surface area contributed by atoms with Crippen molar-refractivity contribution < 1.29 is 14.0 Å². The van der Waals surface area contributed by atoms with E-state index >= 15 is 0 Å². The molecule has 0 aromatic carbocycles. The maximum atomic E-state index is 12.4. The molecular formula is C16H14N6O3. The highest BCUT2D eigenvalue weighted by Gasteiger charge is 2.35. The standard InChI is InChI=1S/C16H14N6O3/c1-22-15-13(9(7-12(23)19-15)11-3-2-6-25-11)14(21-22)20-16(24)10-8-17-4-5-18-10/h2-6,8-9H,7H2,1H3,(H,19,23)(H,20,21,24). The molecule has 9 heteroatoms. The van der Waals surface area contributed by atoms with Crippen molar-refractivity contribution in [1.29, 1.82) is 0 Å². The summed E-state index contributed by atoms with van der Waals surface area (Å²) in [5, 5.41) is 9.87. The lowest BCUT2D eigenvalue weighted by Crippen LogP contribution is -2.25. The van der Waals surface area contributed by atoms with Gasteiger partial charge in [-0.2, -0.15) is 5.10 Å². The van der Waals surface area contributed by atoms with Crippen molar-refractivity contribution in [3.05, 3.63) is 54.0 Å². The van der Waals surface area contributed by atoms with Gasteiger partial charge in [0.2, 0.25) is 5.91 Å². The van der Waals surface area contributed by atoms with Crippen LogP contribution in [0.4, 0.5) is 11.6 Å². The summed E-state index contributed by atoms with van der Waals surface area (Å²) in [5.74, 6) is 0.637. The van der Waals surface area contributed by atoms with Crippen molar-refractivity contribution in [2.75, 3.05) is 10.6 Å². The second kappa shape index (κ2) is 5.86. The number of carbonyl (C=O) groups excluding carboxylic acids is 2. The fourth-order valence-electron chi connectivity index (χ4n) is 2.90. The third-order valence-electron chi connectivity index (χ3n) is 3.99. The molecule has 4 heterocycles. The summed E-state index contributed by atoms with van der Waals surface area (Å²) in [4.78, 5) is 32.3. The van der Waals surface area contributed by atoms with Crippen molar-refractivity contribution in [2.45, 2.75) is 12.3 Å². The molecule has 2 amide bonds. The van der Waals surface area contributed by atoms with Crippen LogP contribution < -0.4 is 10.6 Å². The average molecular weight is 338 g/mol. The Hall–Kier alpha value is -3.49. The van der Waals surface area contributed by atoms with Gasteiger partial charge in [-0.05, 0) is 12.1 Å². The lowest BCUT2D eigenvalue weighted by molar-refractivity contribution is -0.116. The van der Waals surface area contributed by atoms with E-state index in [1.807, 2.05) is 0 Å². The van der Waals surface area contributed by atoms with Crippen molar-refractivity contribution in [3.8, 4) is 0 Å². The summed E-state index contributed by atoms with van der Waals surface area (Å²) < 4.78 is 7.00. The molecular weight excluding hydrogens is 324 g/mol. The molecule has 25 heavy (non-hydrogen) atoms. The van der Waals surface area contributed by atoms with Crippen LogP contribution in [0.25, 0.3) is 0 Å². The predicted molar refractivity (Wildman–Crippen MR) is 87.0 cm³/mol. The number of nitrogens with one attached hydrogen (secondary N) is 2. The first-order chi connectivity index (χ1) is 12.1. The topological polar surface area (TPSA) is 115 Å². The molecule has 1 atom stereocenters. The Bertz CT molecular complexity index is 932. The molecule has 1 unspecified atom stereocenters. The quantitative estimate of drug-likeness (QED) is 0.748. The summed E-state index contributed by atoms with van der Waals surface area (Å²) >= 11 is 0. The highest BCUT2D eigenvalue weighted by molar-refractivity contribution is 6.04. The molecule has 0 fully saturated rings. The molecule has 9 nitrogen and oxygen atoms in total. The lowest BCUT2D eigenvalue weighted by atomic mass is 9.91. The summed E-state index contributed by atoms with van der Waals surface area (Å²) in [7, 11) is 1.70. The van der Waals surface area contributed by atoms with Crippen LogP contribution in [0.3, 0.4) is 0 Å². The number of hydrogen-bond acceptors (Lipinski definition) is 6. The Morgan fingerprint density at radius 1 is 1.44 bits per heavy atom. The van der Waals surface area contributed by atoms with Crippen LogP contribution in [0.15, 0.2) is 41.4 Å². The normalized spacial score (nSPS) is 16.2. The van der Waals surface area contributed by atoms with Crippen molar-refractivity contribution in [3.63, 3.8) is 0 Å². The number of aromatic nitrogens is 4. The van der Waals surface area contributed by atoms with Crippen LogP contribution in [0.5, 0.6) is 0 Å². The van der Waals surface area contributed by atoms with Gasteiger partial charge in [0.05, 0.1) is 23.9 Å². The Balaban J connectivity index is 1.74. The van der Waals surface area contributed by atoms with Gasteiger partial charge in [0.15, 0.2) is 5.82 Å². The molecule has 4 rings (SSSR count). The third-order valence-corrected chi connectivity index (χ3v) is 3.99. The molecule has 0 bridgehead atoms. The summed E-state index contributed by atoms with van der Waals surface area (Å²) in [6.07, 6.45) is 6.06. The molecule has 3 aromatic heterocycles. The molecule has 1 aliphatic heterocycles. The van der Waals surface area contributed by atoms with Crippen molar-refractivity contribution in [1.82, 2.24) is 19.7 Å². The number of amides is 2. The molecule has 0 aliphatic carbocycles. The smallest absolute Gasteiger partial charge is 0.277 e. The minimum atomic E-state index is -0.427. The van der Waals surface area contributed by atoms with E-state index < -0.39 is 5.91 Å². The molecule has 0 radical (unpaired) electrons. The Labute approximate surface area is 142 Å². The Morgan fingerprint density at radius 3 is 3.04 bits per heavy atom. The number of hydrogen-bond donors (Lipinski definition) is 2. The minimum Gasteiger partial charge on any atom is -0.469 e. The molecule has 0 saturated carbocycles. The van der Waals surface area contributed by atoms with Crippen molar-refractivity contribution in [2.24, 2.45) is 7.05 Å². The Morgan fingerprint density at radius 2 is 2.32 bits per heavy atom. The largest absolute Gasteiger partial charge is 0.469 e. The van der Waals surface area contributed by atoms with E-state index in [0.29, 0.717) is 23.0 Å². The van der Waals surface area contributed by atoms with Gasteiger partial charge in [0.25, 0.3) is 5.91 Å². The zero-order valence-electron chi connectivity index (χ0n) is 13.3. The summed E-state index contributed by atoms with van der Waals surface area (Å²) in [6, 6.07) is 3.56. The predicted octanol–water partition coefficient (Wildman–Crippen LogP) is 1.53. The van der Waals surface area contributed by atoms with Gasteiger partial charge in [-0.25, -0.2) is 4.98 Å². The fourth-order valence-corrected chi connectivity index (χ4v) is 2.90. The first kappa shape index (κ1) is 15.1. The highest BCUT2D eigenvalue weighted by Crippen LogP contribution is 2.41. The fraction of sp³-hybridized carbons (Fsp3) is 0.188. The summed E-state index contributed by atoms with van der Waals surface area (Å²) in [6.45, 7) is 0. The van der Waals surface area contributed by atoms with E-state index in [1.165, 1.54) is 23.3 Å². The second-order valence-corrected chi connectivity index (χ2v) is 5.60. The maximum Gasteiger partial charge on any atom is 0.277 e. The second-order valence-electron chi connectivity index (χ2n) is 5.60. The zero-order chi connectivity index (χ0) is 17.4. The third kappa shape index (κ3) is 2.65. The van der Waals surface area contributed by atoms with Crippen LogP contribution in [0, 0.1) is 0 Å². The van der Waals surface area contributed by atoms with Crippen LogP contribution in [-0.4, -0.2) is 31.6 Å². The molecule has 2 N–H and O–H groups in total. The number of furan rings is 1. The van der Waals surface area contributed by atoms with E-state index in [9.17, 15) is 9.59 Å². The monoisotopic (exact) mass is 338 g/mol. The first-order valence-corrected chi connectivity index (χ1v) is 7.61. The van der Waals surface area contributed by atoms with Gasteiger partial charge in [0, 0.05) is 25.9 Å². The molecule has 1 aliphatic rings. The minimum absolute atomic E-state index is 0.135. The molecule has 0 spiro atoms. The average Bonchev–Trinajstić information content (AvgIpc) is 3.24. The van der Waals surface area contributed by atoms with Crippen LogP contribution in [-0.2, 0) is 11.8 Å². The van der Waals surface area contributed by atoms with Gasteiger partial charge < -0.3 is 15.1 Å². The van der Waals surface area contributed by atoms with E-state index in [0.717, 1.165) is 0 Å².